The molecule has 0 spiro atoms. The second kappa shape index (κ2) is 7.18. The van der Waals surface area contributed by atoms with Crippen molar-refractivity contribution in [2.45, 2.75) is 26.6 Å². The highest BCUT2D eigenvalue weighted by Crippen LogP contribution is 2.30. The van der Waals surface area contributed by atoms with Crippen molar-refractivity contribution in [2.75, 3.05) is 19.4 Å². The first-order valence-corrected chi connectivity index (χ1v) is 8.56. The number of carbonyl (C=O) groups is 2. The average Bonchev–Trinajstić information content (AvgIpc) is 3.22. The normalized spacial score (nSPS) is 11.7. The minimum Gasteiger partial charge on any atom is -0.343 e. The number of carbonyl (C=O) groups excluding carboxylic acids is 2. The van der Waals surface area contributed by atoms with E-state index in [-0.39, 0.29) is 34.3 Å². The molecule has 0 aliphatic carbocycles. The second-order valence-electron chi connectivity index (χ2n) is 6.46. The smallest absolute Gasteiger partial charge is 0.343 e. The molecule has 0 radical (unpaired) electrons. The summed E-state index contributed by atoms with van der Waals surface area (Å²) in [5.74, 6) is -1.17. The number of alkyl halides is 3. The molecule has 3 heterocycles. The van der Waals surface area contributed by atoms with E-state index < -0.39 is 17.8 Å². The second-order valence-corrected chi connectivity index (χ2v) is 6.46. The maximum Gasteiger partial charge on any atom is 0.433 e. The van der Waals surface area contributed by atoms with E-state index in [0.29, 0.717) is 11.1 Å². The quantitative estimate of drug-likeness (QED) is 0.713. The monoisotopic (exact) mass is 409 g/mol. The van der Waals surface area contributed by atoms with Gasteiger partial charge >= 0.3 is 6.18 Å². The van der Waals surface area contributed by atoms with Crippen LogP contribution in [0.3, 0.4) is 0 Å². The third kappa shape index (κ3) is 3.77. The molecule has 3 rings (SSSR count). The number of rotatable bonds is 4. The molecule has 0 unspecified atom stereocenters. The van der Waals surface area contributed by atoms with Gasteiger partial charge < -0.3 is 10.2 Å². The number of aryl methyl sites for hydroxylation is 2. The summed E-state index contributed by atoms with van der Waals surface area (Å²) < 4.78 is 41.8. The Kier molecular flexibility index (Phi) is 5.03. The Morgan fingerprint density at radius 2 is 1.93 bits per heavy atom. The zero-order chi connectivity index (χ0) is 21.5. The highest BCUT2D eigenvalue weighted by atomic mass is 19.4. The van der Waals surface area contributed by atoms with Crippen LogP contribution in [0.25, 0.3) is 5.65 Å². The van der Waals surface area contributed by atoms with Crippen LogP contribution >= 0.6 is 0 Å². The molecule has 0 aromatic carbocycles. The first kappa shape index (κ1) is 20.3. The third-order valence-electron chi connectivity index (χ3n) is 4.07. The molecule has 154 valence electrons. The average molecular weight is 409 g/mol. The topological polar surface area (TPSA) is 97.4 Å². The van der Waals surface area contributed by atoms with Gasteiger partial charge in [0.15, 0.2) is 11.3 Å². The lowest BCUT2D eigenvalue weighted by Gasteiger charge is -2.13. The fourth-order valence-corrected chi connectivity index (χ4v) is 2.75. The zero-order valence-corrected chi connectivity index (χ0v) is 16.1. The van der Waals surface area contributed by atoms with Crippen LogP contribution in [0.15, 0.2) is 18.3 Å². The number of nitrogens with zero attached hydrogens (tertiary/aromatic N) is 6. The number of amides is 2. The van der Waals surface area contributed by atoms with Crippen molar-refractivity contribution in [3.63, 3.8) is 0 Å². The molecule has 0 aliphatic rings. The Morgan fingerprint density at radius 3 is 2.52 bits per heavy atom. The maximum atomic E-state index is 13.3. The molecule has 0 saturated carbocycles. The van der Waals surface area contributed by atoms with Gasteiger partial charge in [0.2, 0.25) is 0 Å². The fraction of sp³-hybridized carbons (Fsp3) is 0.353. The van der Waals surface area contributed by atoms with Crippen LogP contribution in [0.2, 0.25) is 0 Å². The summed E-state index contributed by atoms with van der Waals surface area (Å²) in [6.45, 7) is 3.58. The van der Waals surface area contributed by atoms with Crippen molar-refractivity contribution in [1.29, 1.82) is 0 Å². The van der Waals surface area contributed by atoms with E-state index in [2.05, 4.69) is 20.5 Å². The minimum absolute atomic E-state index is 0.115. The summed E-state index contributed by atoms with van der Waals surface area (Å²) in [7, 11) is 3.10. The van der Waals surface area contributed by atoms with Gasteiger partial charge in [-0.05, 0) is 19.9 Å². The molecule has 0 atom stereocenters. The van der Waals surface area contributed by atoms with Crippen LogP contribution in [-0.4, -0.2) is 55.2 Å². The molecule has 0 aliphatic heterocycles. The molecule has 3 aromatic rings. The van der Waals surface area contributed by atoms with Crippen molar-refractivity contribution in [3.8, 4) is 0 Å². The molecule has 2 amide bonds. The zero-order valence-electron chi connectivity index (χ0n) is 16.1. The number of hydrogen-bond acceptors (Lipinski definition) is 5. The summed E-state index contributed by atoms with van der Waals surface area (Å²) >= 11 is 0. The summed E-state index contributed by atoms with van der Waals surface area (Å²) in [5.41, 5.74) is -1.01. The molecule has 3 aromatic heterocycles. The van der Waals surface area contributed by atoms with Gasteiger partial charge in [-0.3, -0.25) is 14.3 Å². The van der Waals surface area contributed by atoms with Crippen LogP contribution in [-0.2, 0) is 12.7 Å². The summed E-state index contributed by atoms with van der Waals surface area (Å²) in [6, 6.07) is 2.00. The first-order chi connectivity index (χ1) is 13.5. The standard InChI is InChI=1S/C17H18F3N7O2/c1-5-26-14(16(29)25(3)4)11(8-21-26)23-15(28)10-7-13-22-9(2)6-12(17(18,19)20)27(13)24-10/h6-8H,5H2,1-4H3,(H,23,28). The van der Waals surface area contributed by atoms with Crippen LogP contribution in [0.1, 0.15) is 39.3 Å². The number of nitrogens with one attached hydrogen (secondary N) is 1. The van der Waals surface area contributed by atoms with Crippen molar-refractivity contribution in [1.82, 2.24) is 29.3 Å². The van der Waals surface area contributed by atoms with Crippen LogP contribution in [0, 0.1) is 6.92 Å². The van der Waals surface area contributed by atoms with Gasteiger partial charge in [0.25, 0.3) is 11.8 Å². The predicted molar refractivity (Wildman–Crippen MR) is 96.6 cm³/mol. The van der Waals surface area contributed by atoms with Gasteiger partial charge in [-0.25, -0.2) is 9.50 Å². The van der Waals surface area contributed by atoms with Gasteiger partial charge in [-0.15, -0.1) is 0 Å². The minimum atomic E-state index is -4.67. The molecule has 1 N–H and O–H groups in total. The van der Waals surface area contributed by atoms with Crippen molar-refractivity contribution in [2.24, 2.45) is 0 Å². The maximum absolute atomic E-state index is 13.3. The Morgan fingerprint density at radius 1 is 1.24 bits per heavy atom. The largest absolute Gasteiger partial charge is 0.433 e. The Hall–Kier alpha value is -3.44. The van der Waals surface area contributed by atoms with Gasteiger partial charge in [-0.1, -0.05) is 0 Å². The molecule has 0 fully saturated rings. The van der Waals surface area contributed by atoms with Crippen LogP contribution < -0.4 is 5.32 Å². The van der Waals surface area contributed by atoms with E-state index in [4.69, 9.17) is 0 Å². The lowest BCUT2D eigenvalue weighted by molar-refractivity contribution is -0.142. The van der Waals surface area contributed by atoms with E-state index in [9.17, 15) is 22.8 Å². The van der Waals surface area contributed by atoms with Gasteiger partial charge in [-0.2, -0.15) is 23.4 Å². The first-order valence-electron chi connectivity index (χ1n) is 8.56. The molecular formula is C17H18F3N7O2. The molecular weight excluding hydrogens is 391 g/mol. The lowest BCUT2D eigenvalue weighted by atomic mass is 10.3. The van der Waals surface area contributed by atoms with Crippen molar-refractivity contribution >= 4 is 23.1 Å². The highest BCUT2D eigenvalue weighted by Gasteiger charge is 2.35. The summed E-state index contributed by atoms with van der Waals surface area (Å²) in [4.78, 5) is 30.3. The summed E-state index contributed by atoms with van der Waals surface area (Å²) in [5, 5.41) is 10.3. The highest BCUT2D eigenvalue weighted by molar-refractivity contribution is 6.07. The van der Waals surface area contributed by atoms with E-state index in [1.54, 1.807) is 21.0 Å². The fourth-order valence-electron chi connectivity index (χ4n) is 2.75. The number of hydrogen-bond donors (Lipinski definition) is 1. The Bertz CT molecular complexity index is 1100. The van der Waals surface area contributed by atoms with Gasteiger partial charge in [0.1, 0.15) is 11.4 Å². The number of fused-ring (bicyclic) bond motifs is 1. The van der Waals surface area contributed by atoms with E-state index in [1.165, 1.54) is 22.7 Å². The van der Waals surface area contributed by atoms with Crippen LogP contribution in [0.4, 0.5) is 18.9 Å². The Balaban J connectivity index is 2.00. The van der Waals surface area contributed by atoms with Crippen LogP contribution in [0.5, 0.6) is 0 Å². The van der Waals surface area contributed by atoms with Crippen molar-refractivity contribution in [3.05, 3.63) is 41.1 Å². The van der Waals surface area contributed by atoms with Gasteiger partial charge in [0.05, 0.1) is 11.9 Å². The molecule has 0 saturated heterocycles. The molecule has 29 heavy (non-hydrogen) atoms. The lowest BCUT2D eigenvalue weighted by Crippen LogP contribution is -2.26. The van der Waals surface area contributed by atoms with E-state index >= 15 is 0 Å². The predicted octanol–water partition coefficient (Wildman–Crippen LogP) is 2.23. The molecule has 9 nitrogen and oxygen atoms in total. The third-order valence-corrected chi connectivity index (χ3v) is 4.07. The van der Waals surface area contributed by atoms with Gasteiger partial charge in [0, 0.05) is 32.4 Å². The molecule has 12 heteroatoms. The van der Waals surface area contributed by atoms with E-state index in [0.717, 1.165) is 12.1 Å². The number of anilines is 1. The SMILES string of the molecule is CCn1ncc(NC(=O)c2cc3nc(C)cc(C(F)(F)F)n3n2)c1C(=O)N(C)C. The number of halogens is 3. The summed E-state index contributed by atoms with van der Waals surface area (Å²) in [6.07, 6.45) is -3.36. The molecule has 0 bridgehead atoms. The van der Waals surface area contributed by atoms with E-state index in [1.807, 2.05) is 0 Å². The number of aromatic nitrogens is 5. The van der Waals surface area contributed by atoms with Crippen molar-refractivity contribution < 1.29 is 22.8 Å². The Labute approximate surface area is 163 Å².